The van der Waals surface area contributed by atoms with Gasteiger partial charge in [-0.2, -0.15) is 0 Å². The summed E-state index contributed by atoms with van der Waals surface area (Å²) in [7, 11) is 0. The van der Waals surface area contributed by atoms with Crippen molar-refractivity contribution in [3.8, 4) is 0 Å². The molecule has 0 radical (unpaired) electrons. The molecule has 2 bridgehead atoms. The van der Waals surface area contributed by atoms with Crippen LogP contribution in [0.25, 0.3) is 0 Å². The number of hydrogen-bond acceptors (Lipinski definition) is 3. The van der Waals surface area contributed by atoms with Gasteiger partial charge in [-0.05, 0) is 38.4 Å². The van der Waals surface area contributed by atoms with Gasteiger partial charge in [-0.3, -0.25) is 14.5 Å². The first-order chi connectivity index (χ1) is 9.55. The van der Waals surface area contributed by atoms with Gasteiger partial charge in [-0.15, -0.1) is 0 Å². The number of carboxylic acids is 1. The summed E-state index contributed by atoms with van der Waals surface area (Å²) in [6, 6.07) is 8.61. The molecule has 3 aliphatic rings. The lowest BCUT2D eigenvalue weighted by Gasteiger charge is -2.49. The van der Waals surface area contributed by atoms with Crippen LogP contribution in [0.2, 0.25) is 0 Å². The van der Waals surface area contributed by atoms with Gasteiger partial charge >= 0.3 is 5.97 Å². The molecule has 4 nitrogen and oxygen atoms in total. The molecule has 3 aliphatic heterocycles. The van der Waals surface area contributed by atoms with Crippen LogP contribution in [0.3, 0.4) is 0 Å². The first kappa shape index (κ1) is 13.3. The highest BCUT2D eigenvalue weighted by molar-refractivity contribution is 5.96. The van der Waals surface area contributed by atoms with Crippen molar-refractivity contribution in [1.29, 1.82) is 0 Å². The number of ketones is 1. The van der Waals surface area contributed by atoms with Gasteiger partial charge in [-0.1, -0.05) is 30.3 Å². The van der Waals surface area contributed by atoms with Gasteiger partial charge < -0.3 is 5.11 Å². The fourth-order valence-corrected chi connectivity index (χ4v) is 3.68. The minimum Gasteiger partial charge on any atom is -0.481 e. The van der Waals surface area contributed by atoms with E-state index in [0.29, 0.717) is 5.56 Å². The lowest BCUT2D eigenvalue weighted by atomic mass is 9.67. The summed E-state index contributed by atoms with van der Waals surface area (Å²) in [5, 5.41) is 9.81. The number of nitrogens with zero attached hydrogens (tertiary/aromatic N) is 1. The normalized spacial score (nSPS) is 31.9. The summed E-state index contributed by atoms with van der Waals surface area (Å²) in [6.45, 7) is 3.35. The molecular formula is C16H19NO3. The van der Waals surface area contributed by atoms with E-state index < -0.39 is 17.4 Å². The monoisotopic (exact) mass is 273 g/mol. The van der Waals surface area contributed by atoms with Crippen LogP contribution in [-0.4, -0.2) is 40.9 Å². The Kier molecular flexibility index (Phi) is 3.13. The molecular weight excluding hydrogens is 254 g/mol. The highest BCUT2D eigenvalue weighted by Crippen LogP contribution is 2.40. The molecule has 4 heteroatoms. The van der Waals surface area contributed by atoms with Crippen molar-refractivity contribution in [1.82, 2.24) is 4.90 Å². The zero-order valence-corrected chi connectivity index (χ0v) is 11.6. The molecule has 0 aliphatic carbocycles. The van der Waals surface area contributed by atoms with Gasteiger partial charge in [0.2, 0.25) is 0 Å². The van der Waals surface area contributed by atoms with E-state index in [0.717, 1.165) is 25.9 Å². The van der Waals surface area contributed by atoms with E-state index in [9.17, 15) is 14.7 Å². The van der Waals surface area contributed by atoms with Crippen LogP contribution in [0.15, 0.2) is 30.3 Å². The lowest BCUT2D eigenvalue weighted by Crippen LogP contribution is -2.65. The predicted molar refractivity (Wildman–Crippen MR) is 74.5 cm³/mol. The lowest BCUT2D eigenvalue weighted by molar-refractivity contribution is -0.156. The maximum atomic E-state index is 12.6. The molecule has 20 heavy (non-hydrogen) atoms. The zero-order chi connectivity index (χ0) is 14.3. The number of Topliss-reactive ketones (excluding diaryl/α,β-unsaturated/α-hetero) is 1. The summed E-state index contributed by atoms with van der Waals surface area (Å²) in [4.78, 5) is 26.6. The Morgan fingerprint density at radius 1 is 1.25 bits per heavy atom. The SMILES string of the molecule is CC(C(=O)O)(c1ccccc1)C1C(=O)C2CCN1CC2. The van der Waals surface area contributed by atoms with Crippen LogP contribution in [0.4, 0.5) is 0 Å². The van der Waals surface area contributed by atoms with Crippen LogP contribution in [0, 0.1) is 5.92 Å². The fourth-order valence-electron chi connectivity index (χ4n) is 3.68. The van der Waals surface area contributed by atoms with E-state index in [1.165, 1.54) is 0 Å². The molecule has 4 rings (SSSR count). The molecule has 2 atom stereocenters. The number of piperidine rings is 3. The van der Waals surface area contributed by atoms with E-state index in [1.807, 2.05) is 30.3 Å². The Bertz CT molecular complexity index is 534. The average Bonchev–Trinajstić information content (AvgIpc) is 2.48. The summed E-state index contributed by atoms with van der Waals surface area (Å²) < 4.78 is 0. The molecule has 106 valence electrons. The number of hydrogen-bond donors (Lipinski definition) is 1. The quantitative estimate of drug-likeness (QED) is 0.910. The average molecular weight is 273 g/mol. The van der Waals surface area contributed by atoms with Crippen molar-refractivity contribution in [2.45, 2.75) is 31.2 Å². The Labute approximate surface area is 118 Å². The largest absolute Gasteiger partial charge is 0.481 e. The van der Waals surface area contributed by atoms with Crippen molar-refractivity contribution in [2.75, 3.05) is 13.1 Å². The fraction of sp³-hybridized carbons (Fsp3) is 0.500. The minimum absolute atomic E-state index is 0.0485. The van der Waals surface area contributed by atoms with Crippen LogP contribution in [0.5, 0.6) is 0 Å². The van der Waals surface area contributed by atoms with Crippen molar-refractivity contribution < 1.29 is 14.7 Å². The van der Waals surface area contributed by atoms with E-state index in [-0.39, 0.29) is 11.7 Å². The third kappa shape index (κ3) is 1.79. The van der Waals surface area contributed by atoms with E-state index in [4.69, 9.17) is 0 Å². The second kappa shape index (κ2) is 4.70. The predicted octanol–water partition coefficient (Wildman–Crippen LogP) is 1.69. The Morgan fingerprint density at radius 2 is 1.85 bits per heavy atom. The molecule has 1 aromatic carbocycles. The second-order valence-electron chi connectivity index (χ2n) is 5.99. The molecule has 0 spiro atoms. The summed E-state index contributed by atoms with van der Waals surface area (Å²) in [6.07, 6.45) is 1.75. The maximum absolute atomic E-state index is 12.6. The van der Waals surface area contributed by atoms with Gasteiger partial charge in [0, 0.05) is 5.92 Å². The van der Waals surface area contributed by atoms with Crippen molar-refractivity contribution in [2.24, 2.45) is 5.92 Å². The Morgan fingerprint density at radius 3 is 2.35 bits per heavy atom. The molecule has 2 unspecified atom stereocenters. The highest BCUT2D eigenvalue weighted by atomic mass is 16.4. The van der Waals surface area contributed by atoms with Crippen LogP contribution in [0.1, 0.15) is 25.3 Å². The summed E-state index contributed by atoms with van der Waals surface area (Å²) in [5.74, 6) is -0.766. The molecule has 3 fully saturated rings. The second-order valence-corrected chi connectivity index (χ2v) is 5.99. The number of benzene rings is 1. The number of fused-ring (bicyclic) bond motifs is 3. The van der Waals surface area contributed by atoms with Gasteiger partial charge in [0.05, 0.1) is 6.04 Å². The smallest absolute Gasteiger partial charge is 0.315 e. The Hall–Kier alpha value is -1.68. The summed E-state index contributed by atoms with van der Waals surface area (Å²) >= 11 is 0. The van der Waals surface area contributed by atoms with Crippen molar-refractivity contribution in [3.05, 3.63) is 35.9 Å². The number of carbonyl (C=O) groups excluding carboxylic acids is 1. The van der Waals surface area contributed by atoms with Crippen LogP contribution in [-0.2, 0) is 15.0 Å². The van der Waals surface area contributed by atoms with Crippen molar-refractivity contribution in [3.63, 3.8) is 0 Å². The first-order valence-electron chi connectivity index (χ1n) is 7.12. The first-order valence-corrected chi connectivity index (χ1v) is 7.12. The van der Waals surface area contributed by atoms with Gasteiger partial charge in [0.25, 0.3) is 0 Å². The minimum atomic E-state index is -1.17. The number of rotatable bonds is 3. The number of carboxylic acid groups (broad SMARTS) is 1. The topological polar surface area (TPSA) is 57.6 Å². The molecule has 0 aromatic heterocycles. The maximum Gasteiger partial charge on any atom is 0.315 e. The third-order valence-corrected chi connectivity index (χ3v) is 4.93. The van der Waals surface area contributed by atoms with Crippen molar-refractivity contribution >= 4 is 11.8 Å². The van der Waals surface area contributed by atoms with Crippen LogP contribution < -0.4 is 0 Å². The summed E-state index contributed by atoms with van der Waals surface area (Å²) in [5.41, 5.74) is -0.462. The molecule has 1 N–H and O–H groups in total. The van der Waals surface area contributed by atoms with Gasteiger partial charge in [0.1, 0.15) is 5.41 Å². The Balaban J connectivity index is 2.07. The molecule has 1 aromatic rings. The molecule has 3 saturated heterocycles. The highest BCUT2D eigenvalue weighted by Gasteiger charge is 2.54. The third-order valence-electron chi connectivity index (χ3n) is 4.93. The molecule has 3 heterocycles. The molecule has 0 amide bonds. The van der Waals surface area contributed by atoms with E-state index >= 15 is 0 Å². The number of carbonyl (C=O) groups is 2. The van der Waals surface area contributed by atoms with E-state index in [1.54, 1.807) is 6.92 Å². The number of aliphatic carboxylic acids is 1. The molecule has 0 saturated carbocycles. The van der Waals surface area contributed by atoms with Crippen LogP contribution >= 0.6 is 0 Å². The van der Waals surface area contributed by atoms with E-state index in [2.05, 4.69) is 4.90 Å². The van der Waals surface area contributed by atoms with Gasteiger partial charge in [0.15, 0.2) is 5.78 Å². The standard InChI is InChI=1S/C16H19NO3/c1-16(15(19)20,12-5-3-2-4-6-12)14-13(18)11-7-9-17(14)10-8-11/h2-6,11,14H,7-10H2,1H3,(H,19,20). The zero-order valence-electron chi connectivity index (χ0n) is 11.6. The van der Waals surface area contributed by atoms with Gasteiger partial charge in [-0.25, -0.2) is 0 Å².